The number of hydrogen-bond donors (Lipinski definition) is 0. The van der Waals surface area contributed by atoms with Crippen LogP contribution in [0, 0.1) is 5.92 Å². The molecule has 0 radical (unpaired) electrons. The highest BCUT2D eigenvalue weighted by Gasteiger charge is 2.32. The van der Waals surface area contributed by atoms with Crippen molar-refractivity contribution in [1.82, 2.24) is 9.88 Å². The summed E-state index contributed by atoms with van der Waals surface area (Å²) < 4.78 is 10.9. The Hall–Kier alpha value is -2.15. The molecule has 0 saturated carbocycles. The van der Waals surface area contributed by atoms with Crippen molar-refractivity contribution in [3.05, 3.63) is 18.3 Å². The molecule has 1 saturated heterocycles. The second-order valence-electron chi connectivity index (χ2n) is 6.16. The van der Waals surface area contributed by atoms with Gasteiger partial charge in [0.05, 0.1) is 6.61 Å². The molecule has 0 N–H and O–H groups in total. The Bertz CT molecular complexity index is 607. The lowest BCUT2D eigenvalue weighted by Gasteiger charge is -2.29. The van der Waals surface area contributed by atoms with Crippen molar-refractivity contribution >= 4 is 17.6 Å². The van der Waals surface area contributed by atoms with E-state index in [-0.39, 0.29) is 25.0 Å². The third-order valence-electron chi connectivity index (χ3n) is 4.29. The number of hydrogen-bond acceptors (Lipinski definition) is 5. The van der Waals surface area contributed by atoms with Crippen molar-refractivity contribution in [2.75, 3.05) is 44.4 Å². The molecule has 3 rings (SSSR count). The molecular formula is C17H23N3O4. The van der Waals surface area contributed by atoms with Gasteiger partial charge in [-0.05, 0) is 25.0 Å². The Morgan fingerprint density at radius 1 is 1.50 bits per heavy atom. The van der Waals surface area contributed by atoms with E-state index in [2.05, 4.69) is 11.9 Å². The van der Waals surface area contributed by atoms with Gasteiger partial charge in [0, 0.05) is 31.8 Å². The second-order valence-corrected chi connectivity index (χ2v) is 6.16. The predicted octanol–water partition coefficient (Wildman–Crippen LogP) is 1.08. The maximum Gasteiger partial charge on any atom is 0.266 e. The number of rotatable bonds is 6. The van der Waals surface area contributed by atoms with Crippen LogP contribution < -0.4 is 9.64 Å². The fourth-order valence-corrected chi connectivity index (χ4v) is 3.02. The fraction of sp³-hybridized carbons (Fsp3) is 0.588. The van der Waals surface area contributed by atoms with E-state index in [9.17, 15) is 9.59 Å². The lowest BCUT2D eigenvalue weighted by Crippen LogP contribution is -2.46. The molecule has 0 spiro atoms. The monoisotopic (exact) mass is 333 g/mol. The Labute approximate surface area is 141 Å². The highest BCUT2D eigenvalue weighted by atomic mass is 16.5. The summed E-state index contributed by atoms with van der Waals surface area (Å²) in [4.78, 5) is 32.1. The lowest BCUT2D eigenvalue weighted by atomic mass is 10.1. The van der Waals surface area contributed by atoms with Crippen LogP contribution in [0.2, 0.25) is 0 Å². The van der Waals surface area contributed by atoms with Crippen LogP contribution in [-0.2, 0) is 14.3 Å². The number of pyridine rings is 1. The normalized spacial score (nSPS) is 20.0. The first-order chi connectivity index (χ1) is 11.7. The van der Waals surface area contributed by atoms with Crippen LogP contribution in [-0.4, -0.2) is 61.2 Å². The third-order valence-corrected chi connectivity index (χ3v) is 4.29. The minimum Gasteiger partial charge on any atom is -0.480 e. The summed E-state index contributed by atoms with van der Waals surface area (Å²) in [6.07, 6.45) is 3.54. The van der Waals surface area contributed by atoms with Crippen molar-refractivity contribution in [3.8, 4) is 5.75 Å². The largest absolute Gasteiger partial charge is 0.480 e. The molecule has 1 atom stereocenters. The van der Waals surface area contributed by atoms with Gasteiger partial charge in [-0.1, -0.05) is 6.92 Å². The number of amides is 2. The maximum atomic E-state index is 12.6. The molecule has 3 heterocycles. The van der Waals surface area contributed by atoms with Crippen LogP contribution in [0.25, 0.3) is 0 Å². The van der Waals surface area contributed by atoms with Crippen LogP contribution in [0.1, 0.15) is 19.8 Å². The van der Waals surface area contributed by atoms with Gasteiger partial charge >= 0.3 is 0 Å². The summed E-state index contributed by atoms with van der Waals surface area (Å²) in [5, 5.41) is 0. The minimum absolute atomic E-state index is 0.00867. The summed E-state index contributed by atoms with van der Waals surface area (Å²) in [7, 11) is 0. The Balaban J connectivity index is 1.58. The van der Waals surface area contributed by atoms with Crippen molar-refractivity contribution in [3.63, 3.8) is 0 Å². The van der Waals surface area contributed by atoms with Crippen LogP contribution in [0.3, 0.4) is 0 Å². The molecule has 1 aromatic heterocycles. The van der Waals surface area contributed by atoms with Gasteiger partial charge in [0.1, 0.15) is 6.54 Å². The van der Waals surface area contributed by atoms with Gasteiger partial charge in [-0.3, -0.25) is 14.5 Å². The maximum absolute atomic E-state index is 12.6. The van der Waals surface area contributed by atoms with E-state index in [1.165, 1.54) is 4.90 Å². The zero-order valence-electron chi connectivity index (χ0n) is 13.9. The van der Waals surface area contributed by atoms with E-state index in [1.54, 1.807) is 18.3 Å². The quantitative estimate of drug-likeness (QED) is 0.729. The first-order valence-corrected chi connectivity index (χ1v) is 8.42. The lowest BCUT2D eigenvalue weighted by molar-refractivity contribution is -0.131. The molecule has 0 bridgehead atoms. The molecule has 130 valence electrons. The van der Waals surface area contributed by atoms with Crippen LogP contribution in [0.15, 0.2) is 18.3 Å². The van der Waals surface area contributed by atoms with Gasteiger partial charge in [-0.15, -0.1) is 0 Å². The highest BCUT2D eigenvalue weighted by molar-refractivity contribution is 6.01. The smallest absolute Gasteiger partial charge is 0.266 e. The topological polar surface area (TPSA) is 72.0 Å². The molecular weight excluding hydrogens is 310 g/mol. The van der Waals surface area contributed by atoms with Gasteiger partial charge in [0.2, 0.25) is 5.91 Å². The number of carbonyl (C=O) groups is 2. The number of likely N-dealkylation sites (tertiary alicyclic amines) is 1. The van der Waals surface area contributed by atoms with Crippen LogP contribution in [0.4, 0.5) is 5.82 Å². The van der Waals surface area contributed by atoms with E-state index < -0.39 is 0 Å². The summed E-state index contributed by atoms with van der Waals surface area (Å²) in [5.41, 5.74) is 0. The van der Waals surface area contributed by atoms with E-state index in [4.69, 9.17) is 9.47 Å². The number of fused-ring (bicyclic) bond motifs is 1. The van der Waals surface area contributed by atoms with E-state index in [0.717, 1.165) is 19.4 Å². The van der Waals surface area contributed by atoms with Gasteiger partial charge in [-0.2, -0.15) is 0 Å². The molecule has 0 aromatic carbocycles. The Kier molecular flexibility index (Phi) is 5.30. The molecule has 0 aliphatic carbocycles. The molecule has 1 aromatic rings. The van der Waals surface area contributed by atoms with Gasteiger partial charge < -0.3 is 14.4 Å². The summed E-state index contributed by atoms with van der Waals surface area (Å²) in [5.74, 6) is 1.05. The SMILES string of the molecule is CCCOC[C@@H]1CCN(C(=O)CN2C(=O)COc3cccnc32)C1. The van der Waals surface area contributed by atoms with Crippen molar-refractivity contribution in [2.45, 2.75) is 19.8 Å². The van der Waals surface area contributed by atoms with Crippen molar-refractivity contribution in [2.24, 2.45) is 5.92 Å². The Morgan fingerprint density at radius 3 is 3.21 bits per heavy atom. The summed E-state index contributed by atoms with van der Waals surface area (Å²) in [6.45, 7) is 4.89. The second kappa shape index (κ2) is 7.61. The number of aromatic nitrogens is 1. The van der Waals surface area contributed by atoms with Gasteiger partial charge in [0.25, 0.3) is 5.91 Å². The Morgan fingerprint density at radius 2 is 2.38 bits per heavy atom. The third kappa shape index (κ3) is 3.67. The van der Waals surface area contributed by atoms with Gasteiger partial charge in [0.15, 0.2) is 18.2 Å². The van der Waals surface area contributed by atoms with Gasteiger partial charge in [-0.25, -0.2) is 4.98 Å². The van der Waals surface area contributed by atoms with Crippen LogP contribution in [0.5, 0.6) is 5.75 Å². The minimum atomic E-state index is -0.239. The van der Waals surface area contributed by atoms with E-state index in [0.29, 0.717) is 37.2 Å². The van der Waals surface area contributed by atoms with E-state index in [1.807, 2.05) is 4.90 Å². The molecule has 2 aliphatic rings. The molecule has 7 heteroatoms. The molecule has 1 fully saturated rings. The average molecular weight is 333 g/mol. The fourth-order valence-electron chi connectivity index (χ4n) is 3.02. The first kappa shape index (κ1) is 16.7. The zero-order valence-corrected chi connectivity index (χ0v) is 13.9. The van der Waals surface area contributed by atoms with Crippen LogP contribution >= 0.6 is 0 Å². The standard InChI is InChI=1S/C17H23N3O4/c1-2-8-23-11-13-5-7-19(9-13)15(21)10-20-16(22)12-24-14-4-3-6-18-17(14)20/h3-4,6,13H,2,5,7-12H2,1H3/t13-/m1/s1. The highest BCUT2D eigenvalue weighted by Crippen LogP contribution is 2.29. The molecule has 0 unspecified atom stereocenters. The average Bonchev–Trinajstić information content (AvgIpc) is 3.07. The molecule has 7 nitrogen and oxygen atoms in total. The first-order valence-electron chi connectivity index (χ1n) is 8.42. The van der Waals surface area contributed by atoms with Crippen molar-refractivity contribution < 1.29 is 19.1 Å². The summed E-state index contributed by atoms with van der Waals surface area (Å²) >= 11 is 0. The van der Waals surface area contributed by atoms with E-state index >= 15 is 0 Å². The summed E-state index contributed by atoms with van der Waals surface area (Å²) in [6, 6.07) is 3.50. The number of ether oxygens (including phenoxy) is 2. The molecule has 24 heavy (non-hydrogen) atoms. The molecule has 2 amide bonds. The molecule has 2 aliphatic heterocycles. The van der Waals surface area contributed by atoms with Crippen molar-refractivity contribution in [1.29, 1.82) is 0 Å². The zero-order chi connectivity index (χ0) is 16.9. The number of carbonyl (C=O) groups excluding carboxylic acids is 2. The number of anilines is 1. The number of nitrogens with zero attached hydrogens (tertiary/aromatic N) is 3. The predicted molar refractivity (Wildman–Crippen MR) is 87.9 cm³/mol.